The molecule has 0 N–H and O–H groups in total. The molecule has 0 bridgehead atoms. The van der Waals surface area contributed by atoms with E-state index in [9.17, 15) is 14.0 Å². The van der Waals surface area contributed by atoms with Gasteiger partial charge in [-0.15, -0.1) is 0 Å². The highest BCUT2D eigenvalue weighted by Crippen LogP contribution is 2.33. The smallest absolute Gasteiger partial charge is 0.343 e. The maximum absolute atomic E-state index is 13.2. The number of rotatable bonds is 6. The molecule has 0 fully saturated rings. The van der Waals surface area contributed by atoms with E-state index in [1.165, 1.54) is 28.9 Å². The second-order valence-corrected chi connectivity index (χ2v) is 8.11. The van der Waals surface area contributed by atoms with Gasteiger partial charge in [0.2, 0.25) is 0 Å². The summed E-state index contributed by atoms with van der Waals surface area (Å²) in [6.45, 7) is 2.03. The minimum absolute atomic E-state index is 0.0227. The zero-order valence-electron chi connectivity index (χ0n) is 18.9. The number of ether oxygens (including phenoxy) is 3. The average Bonchev–Trinajstić information content (AvgIpc) is 3.15. The zero-order chi connectivity index (χ0) is 24.4. The summed E-state index contributed by atoms with van der Waals surface area (Å²) in [7, 11) is 3.13. The van der Waals surface area contributed by atoms with E-state index in [4.69, 9.17) is 25.8 Å². The molecule has 34 heavy (non-hydrogen) atoms. The fraction of sp³-hybridized carbons (Fsp3) is 0.292. The molecular formula is C24H23ClFN3O5. The molecule has 1 amide bonds. The highest BCUT2D eigenvalue weighted by Gasteiger charge is 2.26. The van der Waals surface area contributed by atoms with Crippen LogP contribution in [-0.4, -0.2) is 53.9 Å². The maximum atomic E-state index is 13.2. The van der Waals surface area contributed by atoms with Gasteiger partial charge in [0.25, 0.3) is 5.91 Å². The van der Waals surface area contributed by atoms with Gasteiger partial charge in [0.1, 0.15) is 16.5 Å². The molecular weight excluding hydrogens is 465 g/mol. The Kier molecular flexibility index (Phi) is 6.74. The van der Waals surface area contributed by atoms with Crippen molar-refractivity contribution >= 4 is 23.5 Å². The van der Waals surface area contributed by atoms with E-state index in [-0.39, 0.29) is 16.6 Å². The van der Waals surface area contributed by atoms with Gasteiger partial charge < -0.3 is 19.1 Å². The van der Waals surface area contributed by atoms with E-state index in [1.807, 2.05) is 12.1 Å². The third-order valence-corrected chi connectivity index (χ3v) is 6.03. The third-order valence-electron chi connectivity index (χ3n) is 5.68. The molecule has 0 aliphatic carbocycles. The van der Waals surface area contributed by atoms with Gasteiger partial charge in [0.05, 0.1) is 25.6 Å². The highest BCUT2D eigenvalue weighted by atomic mass is 35.5. The standard InChI is InChI=1S/C24H23ClFN3O5/c1-14-22(23(25)29(27-14)18-6-4-17(26)5-7-18)24(31)34-13-21(30)28-9-8-15-10-19(32-2)20(33-3)11-16(15)12-28/h4-7,10-11H,8-9,12-13H2,1-3H3. The van der Waals surface area contributed by atoms with E-state index in [1.54, 1.807) is 26.0 Å². The first kappa shape index (κ1) is 23.6. The van der Waals surface area contributed by atoms with Crippen molar-refractivity contribution in [1.82, 2.24) is 14.7 Å². The topological polar surface area (TPSA) is 82.9 Å². The summed E-state index contributed by atoms with van der Waals surface area (Å²) >= 11 is 6.36. The predicted molar refractivity (Wildman–Crippen MR) is 122 cm³/mol. The Balaban J connectivity index is 1.43. The lowest BCUT2D eigenvalue weighted by atomic mass is 9.99. The summed E-state index contributed by atoms with van der Waals surface area (Å²) in [5, 5.41) is 4.27. The molecule has 1 aliphatic rings. The highest BCUT2D eigenvalue weighted by molar-refractivity contribution is 6.33. The Morgan fingerprint density at radius 2 is 1.74 bits per heavy atom. The van der Waals surface area contributed by atoms with Crippen molar-refractivity contribution in [2.24, 2.45) is 0 Å². The lowest BCUT2D eigenvalue weighted by Gasteiger charge is -2.29. The molecule has 2 aromatic carbocycles. The van der Waals surface area contributed by atoms with Crippen molar-refractivity contribution in [3.8, 4) is 17.2 Å². The molecule has 3 aromatic rings. The molecule has 178 valence electrons. The number of hydrogen-bond acceptors (Lipinski definition) is 6. The minimum Gasteiger partial charge on any atom is -0.493 e. The Morgan fingerprint density at radius 3 is 2.38 bits per heavy atom. The van der Waals surface area contributed by atoms with Gasteiger partial charge in [0.15, 0.2) is 18.1 Å². The summed E-state index contributed by atoms with van der Waals surface area (Å²) < 4.78 is 30.5. The normalized spacial score (nSPS) is 12.8. The number of nitrogens with zero attached hydrogens (tertiary/aromatic N) is 3. The Morgan fingerprint density at radius 1 is 1.09 bits per heavy atom. The second kappa shape index (κ2) is 9.72. The first-order chi connectivity index (χ1) is 16.3. The van der Waals surface area contributed by atoms with E-state index >= 15 is 0 Å². The van der Waals surface area contributed by atoms with Crippen molar-refractivity contribution in [1.29, 1.82) is 0 Å². The molecule has 4 rings (SSSR count). The number of aryl methyl sites for hydroxylation is 1. The van der Waals surface area contributed by atoms with Crippen molar-refractivity contribution in [3.05, 3.63) is 69.8 Å². The van der Waals surface area contributed by atoms with Crippen LogP contribution in [-0.2, 0) is 22.5 Å². The van der Waals surface area contributed by atoms with Crippen LogP contribution >= 0.6 is 11.6 Å². The quantitative estimate of drug-likeness (QED) is 0.493. The van der Waals surface area contributed by atoms with Crippen LogP contribution in [0.1, 0.15) is 27.2 Å². The van der Waals surface area contributed by atoms with Gasteiger partial charge in [-0.1, -0.05) is 11.6 Å². The second-order valence-electron chi connectivity index (χ2n) is 7.76. The lowest BCUT2D eigenvalue weighted by molar-refractivity contribution is -0.135. The fourth-order valence-corrected chi connectivity index (χ4v) is 4.22. The fourth-order valence-electron chi connectivity index (χ4n) is 3.87. The van der Waals surface area contributed by atoms with Crippen molar-refractivity contribution in [2.75, 3.05) is 27.4 Å². The third kappa shape index (κ3) is 4.56. The summed E-state index contributed by atoms with van der Waals surface area (Å²) in [6, 6.07) is 9.28. The lowest BCUT2D eigenvalue weighted by Crippen LogP contribution is -2.38. The molecule has 0 saturated heterocycles. The maximum Gasteiger partial charge on any atom is 0.343 e. The molecule has 0 radical (unpaired) electrons. The molecule has 1 aliphatic heterocycles. The number of fused-ring (bicyclic) bond motifs is 1. The van der Waals surface area contributed by atoms with Gasteiger partial charge in [-0.05, 0) is 60.9 Å². The molecule has 0 atom stereocenters. The Hall–Kier alpha value is -3.59. The number of benzene rings is 2. The van der Waals surface area contributed by atoms with Crippen LogP contribution in [0.5, 0.6) is 11.5 Å². The number of methoxy groups -OCH3 is 2. The van der Waals surface area contributed by atoms with Gasteiger partial charge >= 0.3 is 5.97 Å². The molecule has 1 aromatic heterocycles. The van der Waals surface area contributed by atoms with Gasteiger partial charge in [-0.2, -0.15) is 5.10 Å². The van der Waals surface area contributed by atoms with Gasteiger partial charge in [-0.25, -0.2) is 13.9 Å². The zero-order valence-corrected chi connectivity index (χ0v) is 19.7. The number of esters is 1. The van der Waals surface area contributed by atoms with Crippen molar-refractivity contribution in [3.63, 3.8) is 0 Å². The molecule has 2 heterocycles. The summed E-state index contributed by atoms with van der Waals surface area (Å²) in [6.07, 6.45) is 0.644. The minimum atomic E-state index is -0.756. The number of carbonyl (C=O) groups excluding carboxylic acids is 2. The number of halogens is 2. The summed E-state index contributed by atoms with van der Waals surface area (Å²) in [5.74, 6) is -0.255. The van der Waals surface area contributed by atoms with Crippen LogP contribution < -0.4 is 9.47 Å². The number of hydrogen-bond donors (Lipinski definition) is 0. The van der Waals surface area contributed by atoms with Crippen LogP contribution in [0.4, 0.5) is 4.39 Å². The number of aromatic nitrogens is 2. The van der Waals surface area contributed by atoms with Gasteiger partial charge in [0, 0.05) is 13.1 Å². The predicted octanol–water partition coefficient (Wildman–Crippen LogP) is 3.73. The monoisotopic (exact) mass is 487 g/mol. The Labute approximate surface area is 200 Å². The molecule has 0 saturated carbocycles. The van der Waals surface area contributed by atoms with Crippen LogP contribution in [0.2, 0.25) is 5.15 Å². The number of carbonyl (C=O) groups is 2. The van der Waals surface area contributed by atoms with Crippen molar-refractivity contribution < 1.29 is 28.2 Å². The molecule has 10 heteroatoms. The van der Waals surface area contributed by atoms with Crippen LogP contribution in [0.15, 0.2) is 36.4 Å². The molecule has 0 unspecified atom stereocenters. The first-order valence-corrected chi connectivity index (χ1v) is 10.9. The average molecular weight is 488 g/mol. The summed E-state index contributed by atoms with van der Waals surface area (Å²) in [4.78, 5) is 27.1. The number of amides is 1. The van der Waals surface area contributed by atoms with Crippen LogP contribution in [0.25, 0.3) is 5.69 Å². The van der Waals surface area contributed by atoms with E-state index in [2.05, 4.69) is 5.10 Å². The van der Waals surface area contributed by atoms with Crippen LogP contribution in [0, 0.1) is 12.7 Å². The van der Waals surface area contributed by atoms with Crippen molar-refractivity contribution in [2.45, 2.75) is 19.9 Å². The van der Waals surface area contributed by atoms with E-state index < -0.39 is 18.4 Å². The Bertz CT molecular complexity index is 1240. The van der Waals surface area contributed by atoms with Gasteiger partial charge in [-0.3, -0.25) is 4.79 Å². The largest absolute Gasteiger partial charge is 0.493 e. The van der Waals surface area contributed by atoms with E-state index in [0.29, 0.717) is 42.4 Å². The molecule has 8 nitrogen and oxygen atoms in total. The SMILES string of the molecule is COc1cc2c(cc1OC)CN(C(=O)COC(=O)c1c(C)nn(-c3ccc(F)cc3)c1Cl)CC2. The van der Waals surface area contributed by atoms with E-state index in [0.717, 1.165) is 11.1 Å². The summed E-state index contributed by atoms with van der Waals surface area (Å²) in [5.41, 5.74) is 2.90. The first-order valence-electron chi connectivity index (χ1n) is 10.5. The molecule has 0 spiro atoms. The van der Waals surface area contributed by atoms with Crippen LogP contribution in [0.3, 0.4) is 0 Å².